The maximum absolute atomic E-state index is 11.0. The van der Waals surface area contributed by atoms with Crippen molar-refractivity contribution in [1.29, 1.82) is 0 Å². The second-order valence-corrected chi connectivity index (χ2v) is 5.98. The molecule has 2 N–H and O–H groups in total. The molecule has 3 aromatic rings. The molecule has 0 saturated carbocycles. The van der Waals surface area contributed by atoms with Gasteiger partial charge in [0, 0.05) is 17.1 Å². The molecule has 1 atom stereocenters. The van der Waals surface area contributed by atoms with Crippen molar-refractivity contribution >= 4 is 16.7 Å². The molecule has 0 amide bonds. The molecule has 1 aromatic heterocycles. The molecule has 2 aromatic carbocycles. The molecule has 4 heteroatoms. The number of hydrogen-bond donors (Lipinski definition) is 2. The van der Waals surface area contributed by atoms with Crippen molar-refractivity contribution in [3.8, 4) is 5.75 Å². The topological polar surface area (TPSA) is 62.3 Å². The zero-order valence-corrected chi connectivity index (χ0v) is 13.7. The molecule has 0 aliphatic heterocycles. The van der Waals surface area contributed by atoms with E-state index in [9.17, 15) is 9.90 Å². The average molecular weight is 323 g/mol. The Morgan fingerprint density at radius 2 is 2.04 bits per heavy atom. The first kappa shape index (κ1) is 16.3. The zero-order chi connectivity index (χ0) is 16.9. The summed E-state index contributed by atoms with van der Waals surface area (Å²) in [5, 5.41) is 11.7. The van der Waals surface area contributed by atoms with E-state index in [-0.39, 0.29) is 12.4 Å². The fourth-order valence-corrected chi connectivity index (χ4v) is 2.79. The summed E-state index contributed by atoms with van der Waals surface area (Å²) >= 11 is 0. The van der Waals surface area contributed by atoms with Gasteiger partial charge in [-0.15, -0.1) is 0 Å². The summed E-state index contributed by atoms with van der Waals surface area (Å²) in [5.74, 6) is 0.578. The first-order chi connectivity index (χ1) is 11.6. The average Bonchev–Trinajstić information content (AvgIpc) is 3.01. The third-order valence-corrected chi connectivity index (χ3v) is 4.05. The minimum atomic E-state index is -0.570. The number of nitrogens with one attached hydrogen (secondary N) is 1. The molecule has 1 heterocycles. The summed E-state index contributed by atoms with van der Waals surface area (Å²) in [6.07, 6.45) is 2.84. The van der Waals surface area contributed by atoms with Crippen LogP contribution in [0.5, 0.6) is 5.75 Å². The van der Waals surface area contributed by atoms with Crippen molar-refractivity contribution in [1.82, 2.24) is 4.98 Å². The number of aryl methyl sites for hydroxylation is 1. The molecule has 0 aliphatic carbocycles. The third kappa shape index (κ3) is 3.84. The van der Waals surface area contributed by atoms with Crippen LogP contribution >= 0.6 is 0 Å². The van der Waals surface area contributed by atoms with Crippen LogP contribution in [0.3, 0.4) is 0 Å². The number of hydrogen-bond acceptors (Lipinski definition) is 3. The molecule has 0 aliphatic rings. The predicted octanol–water partition coefficient (Wildman–Crippen LogP) is 3.80. The van der Waals surface area contributed by atoms with Crippen LogP contribution in [0.1, 0.15) is 30.6 Å². The van der Waals surface area contributed by atoms with Crippen molar-refractivity contribution in [2.45, 2.75) is 25.9 Å². The fraction of sp³-hybridized carbons (Fsp3) is 0.250. The highest BCUT2D eigenvalue weighted by Gasteiger charge is 2.11. The number of carbonyl (C=O) groups excluding carboxylic acids is 1. The number of para-hydroxylation sites is 1. The smallest absolute Gasteiger partial charge is 0.167 e. The largest absolute Gasteiger partial charge is 0.486 e. The Morgan fingerprint density at radius 1 is 1.21 bits per heavy atom. The highest BCUT2D eigenvalue weighted by atomic mass is 16.5. The number of aliphatic hydroxyl groups is 1. The number of carbonyl (C=O) groups is 1. The summed E-state index contributed by atoms with van der Waals surface area (Å²) in [6.45, 7) is 1.54. The van der Waals surface area contributed by atoms with Gasteiger partial charge in [0.05, 0.1) is 6.10 Å². The molecule has 3 rings (SSSR count). The molecule has 24 heavy (non-hydrogen) atoms. The van der Waals surface area contributed by atoms with E-state index in [0.717, 1.165) is 17.5 Å². The Balaban J connectivity index is 1.65. The molecule has 0 radical (unpaired) electrons. The number of H-pyrrole nitrogens is 1. The summed E-state index contributed by atoms with van der Waals surface area (Å²) in [5.41, 5.74) is 3.12. The van der Waals surface area contributed by atoms with E-state index in [1.54, 1.807) is 12.1 Å². The van der Waals surface area contributed by atoms with Gasteiger partial charge in [-0.25, -0.2) is 0 Å². The number of Topliss-reactive ketones (excluding diaryl/α,β-unsaturated/α-hetero) is 1. The number of benzene rings is 2. The fourth-order valence-electron chi connectivity index (χ4n) is 2.79. The SMILES string of the molecule is CC(=O)COc1cccc(C(O)CCc2c[nH]c3ccccc23)c1. The van der Waals surface area contributed by atoms with Gasteiger partial charge in [-0.2, -0.15) is 0 Å². The van der Waals surface area contributed by atoms with Gasteiger partial charge in [0.1, 0.15) is 12.4 Å². The first-order valence-corrected chi connectivity index (χ1v) is 8.09. The van der Waals surface area contributed by atoms with Crippen LogP contribution in [-0.2, 0) is 11.2 Å². The Labute approximate surface area is 141 Å². The van der Waals surface area contributed by atoms with Gasteiger partial charge in [-0.05, 0) is 49.1 Å². The van der Waals surface area contributed by atoms with Gasteiger partial charge in [0.15, 0.2) is 5.78 Å². The lowest BCUT2D eigenvalue weighted by Crippen LogP contribution is -2.07. The minimum Gasteiger partial charge on any atom is -0.486 e. The van der Waals surface area contributed by atoms with E-state index in [2.05, 4.69) is 11.1 Å². The normalized spacial score (nSPS) is 12.2. The van der Waals surface area contributed by atoms with Crippen LogP contribution in [0.15, 0.2) is 54.7 Å². The van der Waals surface area contributed by atoms with E-state index < -0.39 is 6.10 Å². The number of aromatic amines is 1. The number of ketones is 1. The van der Waals surface area contributed by atoms with E-state index in [1.807, 2.05) is 36.5 Å². The highest BCUT2D eigenvalue weighted by Crippen LogP contribution is 2.25. The van der Waals surface area contributed by atoms with E-state index in [0.29, 0.717) is 12.2 Å². The monoisotopic (exact) mass is 323 g/mol. The Kier molecular flexibility index (Phi) is 4.96. The molecule has 1 unspecified atom stereocenters. The molecule has 0 bridgehead atoms. The Bertz CT molecular complexity index is 838. The highest BCUT2D eigenvalue weighted by molar-refractivity contribution is 5.83. The van der Waals surface area contributed by atoms with Crippen molar-refractivity contribution < 1.29 is 14.6 Å². The van der Waals surface area contributed by atoms with E-state index in [1.165, 1.54) is 17.9 Å². The van der Waals surface area contributed by atoms with E-state index in [4.69, 9.17) is 4.74 Å². The number of aromatic nitrogens is 1. The van der Waals surface area contributed by atoms with Crippen molar-refractivity contribution in [3.05, 3.63) is 65.9 Å². The lowest BCUT2D eigenvalue weighted by molar-refractivity contribution is -0.118. The molecule has 0 fully saturated rings. The van der Waals surface area contributed by atoms with Gasteiger partial charge >= 0.3 is 0 Å². The molecule has 0 saturated heterocycles. The Morgan fingerprint density at radius 3 is 2.88 bits per heavy atom. The molecular weight excluding hydrogens is 302 g/mol. The zero-order valence-electron chi connectivity index (χ0n) is 13.7. The lowest BCUT2D eigenvalue weighted by Gasteiger charge is -2.12. The summed E-state index contributed by atoms with van der Waals surface area (Å²) < 4.78 is 5.40. The maximum atomic E-state index is 11.0. The third-order valence-electron chi connectivity index (χ3n) is 4.05. The molecule has 4 nitrogen and oxygen atoms in total. The van der Waals surface area contributed by atoms with Crippen molar-refractivity contribution in [3.63, 3.8) is 0 Å². The number of fused-ring (bicyclic) bond motifs is 1. The number of rotatable bonds is 7. The minimum absolute atomic E-state index is 0.0275. The van der Waals surface area contributed by atoms with Crippen LogP contribution in [0.4, 0.5) is 0 Å². The number of ether oxygens (including phenoxy) is 1. The second-order valence-electron chi connectivity index (χ2n) is 5.98. The standard InChI is InChI=1S/C20H21NO3/c1-14(22)13-24-17-6-4-5-15(11-17)20(23)10-9-16-12-21-19-8-3-2-7-18(16)19/h2-8,11-12,20-21,23H,9-10,13H2,1H3. The van der Waals surface area contributed by atoms with Gasteiger partial charge in [0.2, 0.25) is 0 Å². The first-order valence-electron chi connectivity index (χ1n) is 8.09. The van der Waals surface area contributed by atoms with Gasteiger partial charge in [-0.3, -0.25) is 4.79 Å². The van der Waals surface area contributed by atoms with Crippen LogP contribution in [0.25, 0.3) is 10.9 Å². The van der Waals surface area contributed by atoms with Gasteiger partial charge < -0.3 is 14.8 Å². The van der Waals surface area contributed by atoms with Crippen LogP contribution in [0, 0.1) is 0 Å². The van der Waals surface area contributed by atoms with Gasteiger partial charge in [0.25, 0.3) is 0 Å². The summed E-state index contributed by atoms with van der Waals surface area (Å²) in [6, 6.07) is 15.5. The van der Waals surface area contributed by atoms with Gasteiger partial charge in [-0.1, -0.05) is 30.3 Å². The second kappa shape index (κ2) is 7.32. The molecule has 0 spiro atoms. The van der Waals surface area contributed by atoms with Crippen molar-refractivity contribution in [2.75, 3.05) is 6.61 Å². The molecular formula is C20H21NO3. The predicted molar refractivity (Wildman–Crippen MR) is 94.2 cm³/mol. The van der Waals surface area contributed by atoms with Crippen LogP contribution in [-0.4, -0.2) is 22.5 Å². The molecule has 124 valence electrons. The maximum Gasteiger partial charge on any atom is 0.167 e. The summed E-state index contributed by atoms with van der Waals surface area (Å²) in [4.78, 5) is 14.3. The van der Waals surface area contributed by atoms with Crippen LogP contribution < -0.4 is 4.74 Å². The van der Waals surface area contributed by atoms with Crippen molar-refractivity contribution in [2.24, 2.45) is 0 Å². The Hall–Kier alpha value is -2.59. The van der Waals surface area contributed by atoms with E-state index >= 15 is 0 Å². The lowest BCUT2D eigenvalue weighted by atomic mass is 10.0. The quantitative estimate of drug-likeness (QED) is 0.695. The number of aliphatic hydroxyl groups excluding tert-OH is 1. The summed E-state index contributed by atoms with van der Waals surface area (Å²) in [7, 11) is 0. The van der Waals surface area contributed by atoms with Crippen LogP contribution in [0.2, 0.25) is 0 Å².